The van der Waals surface area contributed by atoms with Crippen molar-refractivity contribution < 1.29 is 9.72 Å². The Kier molecular flexibility index (Phi) is 4.44. The lowest BCUT2D eigenvalue weighted by molar-refractivity contribution is -0.385. The van der Waals surface area contributed by atoms with Gasteiger partial charge in [0.05, 0.1) is 11.5 Å². The van der Waals surface area contributed by atoms with Gasteiger partial charge >= 0.3 is 5.69 Å². The number of carbonyl (C=O) groups excluding carboxylic acids is 1. The summed E-state index contributed by atoms with van der Waals surface area (Å²) >= 11 is 0. The number of hydrogen-bond donors (Lipinski definition) is 0. The van der Waals surface area contributed by atoms with Gasteiger partial charge in [0.25, 0.3) is 0 Å². The minimum atomic E-state index is -0.541. The van der Waals surface area contributed by atoms with Gasteiger partial charge in [0.1, 0.15) is 12.4 Å². The number of rotatable bonds is 4. The van der Waals surface area contributed by atoms with Crippen LogP contribution in [0.25, 0.3) is 0 Å². The quantitative estimate of drug-likeness (QED) is 0.599. The second-order valence-corrected chi connectivity index (χ2v) is 4.65. The van der Waals surface area contributed by atoms with Crippen LogP contribution in [0, 0.1) is 10.1 Å². The van der Waals surface area contributed by atoms with Gasteiger partial charge in [-0.25, -0.2) is 9.97 Å². The average molecular weight is 279 g/mol. The predicted octanol–water partition coefficient (Wildman–Crippen LogP) is 0.833. The van der Waals surface area contributed by atoms with Gasteiger partial charge in [-0.2, -0.15) is 0 Å². The first kappa shape index (κ1) is 14.2. The molecule has 1 amide bonds. The molecule has 2 rings (SSSR count). The van der Waals surface area contributed by atoms with Crippen molar-refractivity contribution in [1.82, 2.24) is 14.9 Å². The Balaban J connectivity index is 2.09. The Morgan fingerprint density at radius 3 is 2.65 bits per heavy atom. The molecule has 8 heteroatoms. The minimum Gasteiger partial charge on any atom is -0.341 e. The molecule has 108 valence electrons. The zero-order valence-electron chi connectivity index (χ0n) is 11.4. The Morgan fingerprint density at radius 2 is 2.05 bits per heavy atom. The molecule has 1 aliphatic heterocycles. The lowest BCUT2D eigenvalue weighted by Gasteiger charge is -2.21. The minimum absolute atomic E-state index is 0.0475. The second kappa shape index (κ2) is 6.27. The normalized spacial score (nSPS) is 16.1. The SMILES string of the molecule is CCCN1CCCN(c2ncc([N+](=O)[O-])cn2)CC1=O. The number of nitrogens with zero attached hydrogens (tertiary/aromatic N) is 5. The number of anilines is 1. The Labute approximate surface area is 116 Å². The maximum absolute atomic E-state index is 12.1. The summed E-state index contributed by atoms with van der Waals surface area (Å²) in [5.74, 6) is 0.411. The first-order chi connectivity index (χ1) is 9.61. The van der Waals surface area contributed by atoms with E-state index in [1.165, 1.54) is 12.4 Å². The molecule has 0 aliphatic carbocycles. The van der Waals surface area contributed by atoms with Crippen molar-refractivity contribution >= 4 is 17.5 Å². The highest BCUT2D eigenvalue weighted by atomic mass is 16.6. The second-order valence-electron chi connectivity index (χ2n) is 4.65. The van der Waals surface area contributed by atoms with E-state index in [-0.39, 0.29) is 18.1 Å². The molecule has 0 unspecified atom stereocenters. The van der Waals surface area contributed by atoms with Crippen LogP contribution in [0.3, 0.4) is 0 Å². The first-order valence-corrected chi connectivity index (χ1v) is 6.61. The molecule has 2 heterocycles. The summed E-state index contributed by atoms with van der Waals surface area (Å²) in [6.07, 6.45) is 4.11. The van der Waals surface area contributed by atoms with Crippen molar-refractivity contribution in [3.8, 4) is 0 Å². The number of aromatic nitrogens is 2. The molecule has 0 saturated carbocycles. The fraction of sp³-hybridized carbons (Fsp3) is 0.583. The summed E-state index contributed by atoms with van der Waals surface area (Å²) < 4.78 is 0. The van der Waals surface area contributed by atoms with E-state index in [2.05, 4.69) is 9.97 Å². The molecule has 1 aliphatic rings. The fourth-order valence-corrected chi connectivity index (χ4v) is 2.17. The summed E-state index contributed by atoms with van der Waals surface area (Å²) in [4.78, 5) is 33.7. The van der Waals surface area contributed by atoms with E-state index in [0.717, 1.165) is 25.9 Å². The maximum atomic E-state index is 12.1. The topological polar surface area (TPSA) is 92.5 Å². The van der Waals surface area contributed by atoms with E-state index in [0.29, 0.717) is 12.5 Å². The molecule has 8 nitrogen and oxygen atoms in total. The molecule has 1 aromatic heterocycles. The number of nitro groups is 1. The van der Waals surface area contributed by atoms with Crippen molar-refractivity contribution in [2.45, 2.75) is 19.8 Å². The zero-order valence-corrected chi connectivity index (χ0v) is 11.4. The third-order valence-corrected chi connectivity index (χ3v) is 3.15. The van der Waals surface area contributed by atoms with Crippen LogP contribution in [0.1, 0.15) is 19.8 Å². The molecular formula is C12H17N5O3. The number of amides is 1. The van der Waals surface area contributed by atoms with Gasteiger partial charge in [-0.3, -0.25) is 14.9 Å². The van der Waals surface area contributed by atoms with Gasteiger partial charge in [-0.1, -0.05) is 6.92 Å². The predicted molar refractivity (Wildman–Crippen MR) is 72.4 cm³/mol. The maximum Gasteiger partial charge on any atom is 0.305 e. The molecule has 0 radical (unpaired) electrons. The molecule has 1 aromatic rings. The lowest BCUT2D eigenvalue weighted by Crippen LogP contribution is -2.37. The standard InChI is InChI=1S/C12H17N5O3/c1-2-4-15-5-3-6-16(9-11(15)18)12-13-7-10(8-14-12)17(19)20/h7-8H,2-6,9H2,1H3. The van der Waals surface area contributed by atoms with Crippen molar-refractivity contribution in [3.63, 3.8) is 0 Å². The van der Waals surface area contributed by atoms with Crippen LogP contribution in [-0.2, 0) is 4.79 Å². The molecule has 0 aromatic carbocycles. The van der Waals surface area contributed by atoms with E-state index in [9.17, 15) is 14.9 Å². The van der Waals surface area contributed by atoms with E-state index < -0.39 is 4.92 Å². The van der Waals surface area contributed by atoms with Crippen LogP contribution < -0.4 is 4.90 Å². The number of hydrogen-bond acceptors (Lipinski definition) is 6. The van der Waals surface area contributed by atoms with Crippen molar-refractivity contribution in [3.05, 3.63) is 22.5 Å². The molecule has 0 atom stereocenters. The third kappa shape index (κ3) is 3.19. The number of carbonyl (C=O) groups is 1. The van der Waals surface area contributed by atoms with Crippen LogP contribution in [0.2, 0.25) is 0 Å². The molecule has 0 bridgehead atoms. The third-order valence-electron chi connectivity index (χ3n) is 3.15. The highest BCUT2D eigenvalue weighted by Crippen LogP contribution is 2.14. The molecular weight excluding hydrogens is 262 g/mol. The summed E-state index contributed by atoms with van der Waals surface area (Å²) in [7, 11) is 0. The average Bonchev–Trinajstić information content (AvgIpc) is 2.62. The van der Waals surface area contributed by atoms with Crippen molar-refractivity contribution in [2.24, 2.45) is 0 Å². The van der Waals surface area contributed by atoms with Gasteiger partial charge in [-0.05, 0) is 12.8 Å². The Bertz CT molecular complexity index is 490. The molecule has 1 saturated heterocycles. The van der Waals surface area contributed by atoms with Crippen LogP contribution >= 0.6 is 0 Å². The van der Waals surface area contributed by atoms with Crippen LogP contribution in [0.15, 0.2) is 12.4 Å². The first-order valence-electron chi connectivity index (χ1n) is 6.61. The smallest absolute Gasteiger partial charge is 0.305 e. The van der Waals surface area contributed by atoms with E-state index in [1.54, 1.807) is 4.90 Å². The van der Waals surface area contributed by atoms with Gasteiger partial charge in [-0.15, -0.1) is 0 Å². The molecule has 0 spiro atoms. The summed E-state index contributed by atoms with van der Waals surface area (Å²) in [5, 5.41) is 10.6. The Hall–Kier alpha value is -2.25. The van der Waals surface area contributed by atoms with Gasteiger partial charge < -0.3 is 9.80 Å². The zero-order chi connectivity index (χ0) is 14.5. The monoisotopic (exact) mass is 279 g/mol. The van der Waals surface area contributed by atoms with Crippen molar-refractivity contribution in [2.75, 3.05) is 31.1 Å². The molecule has 1 fully saturated rings. The fourth-order valence-electron chi connectivity index (χ4n) is 2.17. The van der Waals surface area contributed by atoms with E-state index in [4.69, 9.17) is 0 Å². The molecule has 20 heavy (non-hydrogen) atoms. The summed E-state index contributed by atoms with van der Waals surface area (Å²) in [6.45, 7) is 4.42. The van der Waals surface area contributed by atoms with Crippen LogP contribution in [0.5, 0.6) is 0 Å². The Morgan fingerprint density at radius 1 is 1.35 bits per heavy atom. The highest BCUT2D eigenvalue weighted by Gasteiger charge is 2.23. The van der Waals surface area contributed by atoms with Gasteiger partial charge in [0.2, 0.25) is 11.9 Å². The van der Waals surface area contributed by atoms with Gasteiger partial charge in [0.15, 0.2) is 0 Å². The van der Waals surface area contributed by atoms with Crippen LogP contribution in [-0.4, -0.2) is 51.9 Å². The van der Waals surface area contributed by atoms with Gasteiger partial charge in [0, 0.05) is 19.6 Å². The van der Waals surface area contributed by atoms with Crippen LogP contribution in [0.4, 0.5) is 11.6 Å². The lowest BCUT2D eigenvalue weighted by atomic mass is 10.3. The van der Waals surface area contributed by atoms with E-state index >= 15 is 0 Å². The molecule has 0 N–H and O–H groups in total. The van der Waals surface area contributed by atoms with Crippen molar-refractivity contribution in [1.29, 1.82) is 0 Å². The summed E-state index contributed by atoms with van der Waals surface area (Å²) in [5.41, 5.74) is -0.150. The van der Waals surface area contributed by atoms with E-state index in [1.807, 2.05) is 11.8 Å². The largest absolute Gasteiger partial charge is 0.341 e. The summed E-state index contributed by atoms with van der Waals surface area (Å²) in [6, 6.07) is 0. The highest BCUT2D eigenvalue weighted by molar-refractivity contribution is 5.81.